The number of pyridine rings is 1. The first-order valence-electron chi connectivity index (χ1n) is 12.0. The summed E-state index contributed by atoms with van der Waals surface area (Å²) >= 11 is 0. The number of carbonyl (C=O) groups excluding carboxylic acids is 1. The third kappa shape index (κ3) is 4.34. The van der Waals surface area contributed by atoms with Crippen molar-refractivity contribution < 1.29 is 9.53 Å². The van der Waals surface area contributed by atoms with Crippen molar-refractivity contribution >= 4 is 22.6 Å². The molecule has 35 heavy (non-hydrogen) atoms. The van der Waals surface area contributed by atoms with Crippen LogP contribution in [0, 0.1) is 0 Å². The Morgan fingerprint density at radius 1 is 1.26 bits per heavy atom. The summed E-state index contributed by atoms with van der Waals surface area (Å²) in [6.07, 6.45) is 7.11. The van der Waals surface area contributed by atoms with E-state index >= 15 is 0 Å². The highest BCUT2D eigenvalue weighted by atomic mass is 16.5. The summed E-state index contributed by atoms with van der Waals surface area (Å²) in [4.78, 5) is 33.9. The molecule has 10 nitrogen and oxygen atoms in total. The predicted octanol–water partition coefficient (Wildman–Crippen LogP) is 3.07. The van der Waals surface area contributed by atoms with E-state index in [-0.39, 0.29) is 17.7 Å². The summed E-state index contributed by atoms with van der Waals surface area (Å²) in [5.74, 6) is 2.18. The number of hydrogen-bond donors (Lipinski definition) is 1. The molecule has 0 aromatic carbocycles. The van der Waals surface area contributed by atoms with Gasteiger partial charge in [-0.3, -0.25) is 4.79 Å². The van der Waals surface area contributed by atoms with Gasteiger partial charge in [-0.25, -0.2) is 19.5 Å². The lowest BCUT2D eigenvalue weighted by atomic mass is 9.95. The molecule has 0 atom stereocenters. The Morgan fingerprint density at radius 3 is 2.71 bits per heavy atom. The maximum absolute atomic E-state index is 12.4. The van der Waals surface area contributed by atoms with Gasteiger partial charge in [-0.1, -0.05) is 13.8 Å². The van der Waals surface area contributed by atoms with Crippen molar-refractivity contribution in [1.82, 2.24) is 39.3 Å². The number of hydrogen-bond acceptors (Lipinski definition) is 7. The van der Waals surface area contributed by atoms with Crippen LogP contribution in [-0.2, 0) is 4.79 Å². The van der Waals surface area contributed by atoms with Crippen LogP contribution in [0.4, 0.5) is 0 Å². The molecule has 4 aromatic heterocycles. The van der Waals surface area contributed by atoms with Gasteiger partial charge in [0.15, 0.2) is 11.4 Å². The Labute approximate surface area is 204 Å². The summed E-state index contributed by atoms with van der Waals surface area (Å²) < 4.78 is 7.30. The highest BCUT2D eigenvalue weighted by molar-refractivity contribution is 5.88. The molecule has 0 radical (unpaired) electrons. The van der Waals surface area contributed by atoms with Crippen LogP contribution in [0.15, 0.2) is 24.8 Å². The molecule has 0 spiro atoms. The molecule has 5 rings (SSSR count). The van der Waals surface area contributed by atoms with Crippen molar-refractivity contribution in [2.75, 3.05) is 40.8 Å². The van der Waals surface area contributed by atoms with Crippen molar-refractivity contribution in [2.45, 2.75) is 38.5 Å². The monoisotopic (exact) mass is 476 g/mol. The van der Waals surface area contributed by atoms with Crippen molar-refractivity contribution in [3.63, 3.8) is 0 Å². The van der Waals surface area contributed by atoms with Gasteiger partial charge in [-0.15, -0.1) is 0 Å². The van der Waals surface area contributed by atoms with Gasteiger partial charge < -0.3 is 19.5 Å². The van der Waals surface area contributed by atoms with E-state index in [4.69, 9.17) is 14.7 Å². The first-order chi connectivity index (χ1) is 16.9. The Morgan fingerprint density at radius 2 is 2.03 bits per heavy atom. The molecule has 5 heterocycles. The van der Waals surface area contributed by atoms with Crippen LogP contribution < -0.4 is 4.74 Å². The van der Waals surface area contributed by atoms with Gasteiger partial charge in [0, 0.05) is 36.3 Å². The second kappa shape index (κ2) is 9.26. The molecular weight excluding hydrogens is 444 g/mol. The molecule has 10 heteroatoms. The van der Waals surface area contributed by atoms with Crippen molar-refractivity contribution in [3.05, 3.63) is 36.2 Å². The lowest BCUT2D eigenvalue weighted by Crippen LogP contribution is -2.42. The highest BCUT2D eigenvalue weighted by Crippen LogP contribution is 2.37. The van der Waals surface area contributed by atoms with Gasteiger partial charge in [0.25, 0.3) is 0 Å². The third-order valence-electron chi connectivity index (χ3n) is 6.68. The van der Waals surface area contributed by atoms with Crippen LogP contribution >= 0.6 is 0 Å². The molecule has 1 fully saturated rings. The molecule has 1 aliphatic heterocycles. The molecule has 4 aromatic rings. The van der Waals surface area contributed by atoms with E-state index in [1.807, 2.05) is 42.4 Å². The van der Waals surface area contributed by atoms with Gasteiger partial charge in [0.05, 0.1) is 36.6 Å². The fourth-order valence-electron chi connectivity index (χ4n) is 4.94. The lowest BCUT2D eigenvalue weighted by Gasteiger charge is -2.32. The SMILES string of the molecule is COc1cc(-c2[nH]c3cnc(C4CCN(C(=O)CN(C)C)CC4)nc3c2C(C)C)cn2ncnc12. The van der Waals surface area contributed by atoms with E-state index in [2.05, 4.69) is 28.9 Å². The standard InChI is InChI=1S/C25H32N8O2/c1-15(2)21-22(17-10-19(35-5)25-27-14-28-33(25)12-17)29-18-11-26-24(30-23(18)21)16-6-8-32(9-7-16)20(34)13-31(3)4/h10-12,14-16,29H,6-9,13H2,1-5H3. The molecule has 0 saturated carbocycles. The summed E-state index contributed by atoms with van der Waals surface area (Å²) in [5, 5.41) is 4.30. The second-order valence-corrected chi connectivity index (χ2v) is 9.78. The zero-order chi connectivity index (χ0) is 24.7. The first kappa shape index (κ1) is 23.2. The van der Waals surface area contributed by atoms with Gasteiger partial charge in [-0.05, 0) is 38.9 Å². The Bertz CT molecular complexity index is 1360. The van der Waals surface area contributed by atoms with Crippen LogP contribution in [0.1, 0.15) is 49.9 Å². The molecule has 0 aliphatic carbocycles. The van der Waals surface area contributed by atoms with Crippen molar-refractivity contribution in [2.24, 2.45) is 0 Å². The Kier molecular flexibility index (Phi) is 6.14. The van der Waals surface area contributed by atoms with Crippen LogP contribution in [-0.4, -0.2) is 86.1 Å². The summed E-state index contributed by atoms with van der Waals surface area (Å²) in [7, 11) is 5.48. The van der Waals surface area contributed by atoms with E-state index < -0.39 is 0 Å². The van der Waals surface area contributed by atoms with Gasteiger partial charge in [0.2, 0.25) is 5.91 Å². The number of piperidine rings is 1. The lowest BCUT2D eigenvalue weighted by molar-refractivity contribution is -0.132. The quantitative estimate of drug-likeness (QED) is 0.456. The van der Waals surface area contributed by atoms with Crippen molar-refractivity contribution in [3.8, 4) is 17.0 Å². The van der Waals surface area contributed by atoms with Crippen molar-refractivity contribution in [1.29, 1.82) is 0 Å². The number of likely N-dealkylation sites (tertiary alicyclic amines) is 1. The number of nitrogens with one attached hydrogen (secondary N) is 1. The van der Waals surface area contributed by atoms with E-state index in [1.54, 1.807) is 11.6 Å². The van der Waals surface area contributed by atoms with E-state index in [9.17, 15) is 4.79 Å². The molecule has 184 valence electrons. The van der Waals surface area contributed by atoms with E-state index in [0.29, 0.717) is 17.9 Å². The smallest absolute Gasteiger partial charge is 0.236 e. The molecule has 1 amide bonds. The normalized spacial score (nSPS) is 15.1. The zero-order valence-corrected chi connectivity index (χ0v) is 20.9. The average Bonchev–Trinajstić information content (AvgIpc) is 3.47. The van der Waals surface area contributed by atoms with E-state index in [0.717, 1.165) is 59.6 Å². The maximum Gasteiger partial charge on any atom is 0.236 e. The number of rotatable bonds is 6. The summed E-state index contributed by atoms with van der Waals surface area (Å²) in [6, 6.07) is 1.98. The number of methoxy groups -OCH3 is 1. The van der Waals surface area contributed by atoms with E-state index in [1.165, 1.54) is 6.33 Å². The fourth-order valence-corrected chi connectivity index (χ4v) is 4.94. The number of fused-ring (bicyclic) bond motifs is 2. The molecule has 1 saturated heterocycles. The number of nitrogens with zero attached hydrogens (tertiary/aromatic N) is 7. The topological polar surface area (TPSA) is 105 Å². The first-order valence-corrected chi connectivity index (χ1v) is 12.0. The molecule has 0 unspecified atom stereocenters. The van der Waals surface area contributed by atoms with Crippen LogP contribution in [0.25, 0.3) is 27.9 Å². The van der Waals surface area contributed by atoms with Gasteiger partial charge >= 0.3 is 0 Å². The maximum atomic E-state index is 12.4. The minimum absolute atomic E-state index is 0.182. The largest absolute Gasteiger partial charge is 0.493 e. The van der Waals surface area contributed by atoms with Crippen LogP contribution in [0.3, 0.4) is 0 Å². The Balaban J connectivity index is 1.48. The number of ether oxygens (including phenoxy) is 1. The predicted molar refractivity (Wildman–Crippen MR) is 134 cm³/mol. The zero-order valence-electron chi connectivity index (χ0n) is 20.9. The number of H-pyrrole nitrogens is 1. The number of aromatic amines is 1. The number of likely N-dealkylation sites (N-methyl/N-ethyl adjacent to an activating group) is 1. The highest BCUT2D eigenvalue weighted by Gasteiger charge is 2.27. The van der Waals surface area contributed by atoms with Gasteiger partial charge in [-0.2, -0.15) is 5.10 Å². The number of carbonyl (C=O) groups is 1. The molecule has 0 bridgehead atoms. The number of amides is 1. The van der Waals surface area contributed by atoms with Crippen LogP contribution in [0.5, 0.6) is 5.75 Å². The molecular formula is C25H32N8O2. The fraction of sp³-hybridized carbons (Fsp3) is 0.480. The molecule has 1 N–H and O–H groups in total. The summed E-state index contributed by atoms with van der Waals surface area (Å²) in [6.45, 7) is 6.28. The summed E-state index contributed by atoms with van der Waals surface area (Å²) in [5.41, 5.74) is 5.62. The van der Waals surface area contributed by atoms with Crippen LogP contribution in [0.2, 0.25) is 0 Å². The minimum Gasteiger partial charge on any atom is -0.493 e. The molecule has 1 aliphatic rings. The minimum atomic E-state index is 0.182. The Hall–Kier alpha value is -3.53. The second-order valence-electron chi connectivity index (χ2n) is 9.78. The number of aromatic nitrogens is 6. The van der Waals surface area contributed by atoms with Gasteiger partial charge in [0.1, 0.15) is 12.2 Å². The average molecular weight is 477 g/mol. The third-order valence-corrected chi connectivity index (χ3v) is 6.68.